The standard InChI is InChI=1S/C9H10N2O3/c1-6(9(13)14)11-4-7-2-3-10-5-8(7)12/h2-6,12H,1H3,(H,13,14)/t6-/m0/s1. The van der Waals surface area contributed by atoms with E-state index in [4.69, 9.17) is 5.11 Å². The molecule has 0 aliphatic rings. The Morgan fingerprint density at radius 1 is 1.71 bits per heavy atom. The van der Waals surface area contributed by atoms with E-state index in [0.29, 0.717) is 5.56 Å². The minimum Gasteiger partial charge on any atom is -0.506 e. The van der Waals surface area contributed by atoms with Gasteiger partial charge in [0.2, 0.25) is 0 Å². The van der Waals surface area contributed by atoms with Gasteiger partial charge in [-0.25, -0.2) is 4.79 Å². The van der Waals surface area contributed by atoms with Crippen LogP contribution in [0.3, 0.4) is 0 Å². The third-order valence-corrected chi connectivity index (χ3v) is 1.63. The number of aliphatic carboxylic acids is 1. The van der Waals surface area contributed by atoms with Crippen LogP contribution in [0, 0.1) is 0 Å². The van der Waals surface area contributed by atoms with E-state index in [1.165, 1.54) is 25.5 Å². The molecule has 0 saturated carbocycles. The number of aromatic hydroxyl groups is 1. The number of rotatable bonds is 3. The molecule has 1 heterocycles. The molecule has 0 unspecified atom stereocenters. The smallest absolute Gasteiger partial charge is 0.328 e. The number of carbonyl (C=O) groups is 1. The minimum atomic E-state index is -1.00. The quantitative estimate of drug-likeness (QED) is 0.693. The summed E-state index contributed by atoms with van der Waals surface area (Å²) in [5.74, 6) is -1.02. The van der Waals surface area contributed by atoms with Crippen LogP contribution in [0.25, 0.3) is 0 Å². The first kappa shape index (κ1) is 10.2. The molecule has 1 aromatic heterocycles. The van der Waals surface area contributed by atoms with E-state index in [1.807, 2.05) is 0 Å². The Kier molecular flexibility index (Phi) is 3.17. The van der Waals surface area contributed by atoms with Crippen molar-refractivity contribution in [3.63, 3.8) is 0 Å². The van der Waals surface area contributed by atoms with Gasteiger partial charge in [-0.1, -0.05) is 0 Å². The molecule has 1 aromatic rings. The van der Waals surface area contributed by atoms with Crippen molar-refractivity contribution < 1.29 is 15.0 Å². The normalized spacial score (nSPS) is 12.9. The topological polar surface area (TPSA) is 82.8 Å². The second-order valence-corrected chi connectivity index (χ2v) is 2.73. The van der Waals surface area contributed by atoms with Gasteiger partial charge in [-0.3, -0.25) is 9.98 Å². The summed E-state index contributed by atoms with van der Waals surface area (Å²) in [6, 6.07) is 0.732. The number of hydrogen-bond acceptors (Lipinski definition) is 4. The fraction of sp³-hybridized carbons (Fsp3) is 0.222. The Morgan fingerprint density at radius 3 is 3.00 bits per heavy atom. The molecule has 0 fully saturated rings. The highest BCUT2D eigenvalue weighted by atomic mass is 16.4. The largest absolute Gasteiger partial charge is 0.506 e. The average molecular weight is 194 g/mol. The molecule has 0 bridgehead atoms. The Hall–Kier alpha value is -1.91. The summed E-state index contributed by atoms with van der Waals surface area (Å²) in [5, 5.41) is 17.8. The van der Waals surface area contributed by atoms with Crippen molar-refractivity contribution in [3.8, 4) is 5.75 Å². The molecule has 0 spiro atoms. The van der Waals surface area contributed by atoms with Gasteiger partial charge in [0.1, 0.15) is 11.8 Å². The van der Waals surface area contributed by atoms with Gasteiger partial charge in [0.05, 0.1) is 6.20 Å². The molecular formula is C9H10N2O3. The molecule has 0 aromatic carbocycles. The summed E-state index contributed by atoms with van der Waals surface area (Å²) >= 11 is 0. The lowest BCUT2D eigenvalue weighted by Gasteiger charge is -1.99. The van der Waals surface area contributed by atoms with Gasteiger partial charge >= 0.3 is 5.97 Å². The third kappa shape index (κ3) is 2.55. The van der Waals surface area contributed by atoms with E-state index in [2.05, 4.69) is 9.98 Å². The predicted octanol–water partition coefficient (Wildman–Crippen LogP) is 0.679. The van der Waals surface area contributed by atoms with Crippen molar-refractivity contribution in [1.82, 2.24) is 4.98 Å². The van der Waals surface area contributed by atoms with Crippen LogP contribution in [0.2, 0.25) is 0 Å². The monoisotopic (exact) mass is 194 g/mol. The molecular weight excluding hydrogens is 184 g/mol. The van der Waals surface area contributed by atoms with Gasteiger partial charge in [-0.15, -0.1) is 0 Å². The first-order chi connectivity index (χ1) is 6.61. The third-order valence-electron chi connectivity index (χ3n) is 1.63. The van der Waals surface area contributed by atoms with Crippen LogP contribution in [0.15, 0.2) is 23.5 Å². The second kappa shape index (κ2) is 4.36. The Bertz CT molecular complexity index is 363. The van der Waals surface area contributed by atoms with Crippen LogP contribution in [-0.4, -0.2) is 33.4 Å². The van der Waals surface area contributed by atoms with Gasteiger partial charge in [-0.05, 0) is 13.0 Å². The zero-order valence-electron chi connectivity index (χ0n) is 7.58. The summed E-state index contributed by atoms with van der Waals surface area (Å²) in [6.45, 7) is 1.46. The van der Waals surface area contributed by atoms with Crippen LogP contribution < -0.4 is 0 Å². The number of nitrogens with zero attached hydrogens (tertiary/aromatic N) is 2. The van der Waals surface area contributed by atoms with E-state index in [0.717, 1.165) is 0 Å². The van der Waals surface area contributed by atoms with Crippen LogP contribution in [0.1, 0.15) is 12.5 Å². The predicted molar refractivity (Wildman–Crippen MR) is 50.6 cm³/mol. The zero-order chi connectivity index (χ0) is 10.6. The van der Waals surface area contributed by atoms with Crippen molar-refractivity contribution in [1.29, 1.82) is 0 Å². The van der Waals surface area contributed by atoms with Crippen LogP contribution in [0.4, 0.5) is 0 Å². The molecule has 14 heavy (non-hydrogen) atoms. The lowest BCUT2D eigenvalue weighted by molar-refractivity contribution is -0.137. The van der Waals surface area contributed by atoms with Crippen molar-refractivity contribution in [2.45, 2.75) is 13.0 Å². The summed E-state index contributed by atoms with van der Waals surface area (Å²) in [6.07, 6.45) is 4.08. The first-order valence-electron chi connectivity index (χ1n) is 4.00. The molecule has 0 amide bonds. The molecule has 1 rings (SSSR count). The SMILES string of the molecule is C[C@H](N=Cc1ccncc1O)C(=O)O. The van der Waals surface area contributed by atoms with E-state index < -0.39 is 12.0 Å². The Balaban J connectivity index is 2.78. The summed E-state index contributed by atoms with van der Waals surface area (Å²) < 4.78 is 0. The van der Waals surface area contributed by atoms with Gasteiger partial charge in [0, 0.05) is 18.0 Å². The number of carboxylic acids is 1. The highest BCUT2D eigenvalue weighted by Gasteiger charge is 2.06. The number of pyridine rings is 1. The molecule has 5 nitrogen and oxygen atoms in total. The molecule has 0 radical (unpaired) electrons. The maximum atomic E-state index is 10.4. The van der Waals surface area contributed by atoms with E-state index >= 15 is 0 Å². The fourth-order valence-electron chi connectivity index (χ4n) is 0.762. The van der Waals surface area contributed by atoms with Crippen LogP contribution in [0.5, 0.6) is 5.75 Å². The average Bonchev–Trinajstić information content (AvgIpc) is 2.16. The molecule has 1 atom stereocenters. The van der Waals surface area contributed by atoms with Crippen molar-refractivity contribution >= 4 is 12.2 Å². The lowest BCUT2D eigenvalue weighted by atomic mass is 10.2. The molecule has 5 heteroatoms. The maximum absolute atomic E-state index is 10.4. The van der Waals surface area contributed by atoms with Crippen LogP contribution >= 0.6 is 0 Å². The van der Waals surface area contributed by atoms with Crippen molar-refractivity contribution in [2.24, 2.45) is 4.99 Å². The minimum absolute atomic E-state index is 0.0196. The highest BCUT2D eigenvalue weighted by molar-refractivity contribution is 5.85. The molecule has 0 aliphatic heterocycles. The number of aliphatic imine (C=N–C) groups is 1. The first-order valence-corrected chi connectivity index (χ1v) is 4.00. The Labute approximate surface area is 80.8 Å². The number of aromatic nitrogens is 1. The van der Waals surface area contributed by atoms with Gasteiger partial charge in [0.25, 0.3) is 0 Å². The fourth-order valence-corrected chi connectivity index (χ4v) is 0.762. The molecule has 0 aliphatic carbocycles. The highest BCUT2D eigenvalue weighted by Crippen LogP contribution is 2.11. The van der Waals surface area contributed by atoms with E-state index in [-0.39, 0.29) is 5.75 Å². The molecule has 0 saturated heterocycles. The maximum Gasteiger partial charge on any atom is 0.328 e. The van der Waals surface area contributed by atoms with E-state index in [9.17, 15) is 9.90 Å². The van der Waals surface area contributed by atoms with Gasteiger partial charge in [0.15, 0.2) is 0 Å². The van der Waals surface area contributed by atoms with Crippen LogP contribution in [-0.2, 0) is 4.79 Å². The molecule has 74 valence electrons. The van der Waals surface area contributed by atoms with Gasteiger partial charge in [-0.2, -0.15) is 0 Å². The van der Waals surface area contributed by atoms with E-state index in [1.54, 1.807) is 6.07 Å². The Morgan fingerprint density at radius 2 is 2.43 bits per heavy atom. The number of hydrogen-bond donors (Lipinski definition) is 2. The van der Waals surface area contributed by atoms with Crippen molar-refractivity contribution in [3.05, 3.63) is 24.0 Å². The summed E-state index contributed by atoms with van der Waals surface area (Å²) in [7, 11) is 0. The second-order valence-electron chi connectivity index (χ2n) is 2.73. The number of carboxylic acid groups (broad SMARTS) is 1. The van der Waals surface area contributed by atoms with Crippen molar-refractivity contribution in [2.75, 3.05) is 0 Å². The summed E-state index contributed by atoms with van der Waals surface area (Å²) in [4.78, 5) is 17.8. The molecule has 2 N–H and O–H groups in total. The lowest BCUT2D eigenvalue weighted by Crippen LogP contribution is -2.13. The zero-order valence-corrected chi connectivity index (χ0v) is 7.58. The summed E-state index contributed by atoms with van der Waals surface area (Å²) in [5.41, 5.74) is 0.452. The van der Waals surface area contributed by atoms with Gasteiger partial charge < -0.3 is 10.2 Å².